The van der Waals surface area contributed by atoms with Gasteiger partial charge in [0.2, 0.25) is 5.69 Å². The van der Waals surface area contributed by atoms with E-state index in [1.165, 1.54) is 0 Å². The molecule has 1 saturated carbocycles. The van der Waals surface area contributed by atoms with E-state index in [2.05, 4.69) is 5.10 Å². The van der Waals surface area contributed by atoms with Gasteiger partial charge in [0.1, 0.15) is 0 Å². The molecule has 0 aromatic carbocycles. The summed E-state index contributed by atoms with van der Waals surface area (Å²) >= 11 is 0. The highest BCUT2D eigenvalue weighted by atomic mass is 16.4. The van der Waals surface area contributed by atoms with E-state index >= 15 is 0 Å². The maximum Gasteiger partial charge on any atom is 0.360 e. The Bertz CT molecular complexity index is 394. The first kappa shape index (κ1) is 10.0. The molecule has 5 nitrogen and oxygen atoms in total. The Labute approximate surface area is 87.3 Å². The molecule has 0 atom stereocenters. The third kappa shape index (κ3) is 1.48. The van der Waals surface area contributed by atoms with E-state index in [1.807, 2.05) is 6.92 Å². The standard InChI is InChI=1S/C10H14N2O3/c1-2-12-8(6-4-3-5-6)9(13)7(11-12)10(14)15/h6,13H,2-5H2,1H3,(H,14,15). The molecular formula is C10H14N2O3. The van der Waals surface area contributed by atoms with E-state index in [4.69, 9.17) is 5.11 Å². The Morgan fingerprint density at radius 2 is 2.27 bits per heavy atom. The Morgan fingerprint density at radius 1 is 1.60 bits per heavy atom. The Kier molecular flexibility index (Phi) is 2.38. The zero-order chi connectivity index (χ0) is 11.0. The van der Waals surface area contributed by atoms with Crippen LogP contribution in [0.5, 0.6) is 5.75 Å². The number of aryl methyl sites for hydroxylation is 1. The third-order valence-electron chi connectivity index (χ3n) is 2.96. The fraction of sp³-hybridized carbons (Fsp3) is 0.600. The van der Waals surface area contributed by atoms with Crippen molar-refractivity contribution < 1.29 is 15.0 Å². The van der Waals surface area contributed by atoms with Gasteiger partial charge in [-0.3, -0.25) is 4.68 Å². The first-order valence-electron chi connectivity index (χ1n) is 5.18. The van der Waals surface area contributed by atoms with E-state index in [0.717, 1.165) is 19.3 Å². The highest BCUT2D eigenvalue weighted by Gasteiger charge is 2.30. The summed E-state index contributed by atoms with van der Waals surface area (Å²) in [5, 5.41) is 22.5. The van der Waals surface area contributed by atoms with Gasteiger partial charge >= 0.3 is 5.97 Å². The highest BCUT2D eigenvalue weighted by molar-refractivity contribution is 5.88. The maximum absolute atomic E-state index is 10.8. The van der Waals surface area contributed by atoms with Crippen LogP contribution in [0.2, 0.25) is 0 Å². The van der Waals surface area contributed by atoms with Crippen LogP contribution in [0, 0.1) is 0 Å². The first-order valence-corrected chi connectivity index (χ1v) is 5.18. The van der Waals surface area contributed by atoms with Crippen LogP contribution in [0.15, 0.2) is 0 Å². The van der Waals surface area contributed by atoms with Crippen molar-refractivity contribution >= 4 is 5.97 Å². The van der Waals surface area contributed by atoms with E-state index in [-0.39, 0.29) is 17.4 Å². The highest BCUT2D eigenvalue weighted by Crippen LogP contribution is 2.41. The van der Waals surface area contributed by atoms with Crippen molar-refractivity contribution in [1.29, 1.82) is 0 Å². The van der Waals surface area contributed by atoms with E-state index in [9.17, 15) is 9.90 Å². The van der Waals surface area contributed by atoms with Gasteiger partial charge in [0.25, 0.3) is 0 Å². The number of rotatable bonds is 3. The second-order valence-electron chi connectivity index (χ2n) is 3.83. The number of aromatic carboxylic acids is 1. The van der Waals surface area contributed by atoms with Crippen LogP contribution in [-0.4, -0.2) is 26.0 Å². The molecule has 2 rings (SSSR count). The second kappa shape index (κ2) is 3.56. The summed E-state index contributed by atoms with van der Waals surface area (Å²) < 4.78 is 1.60. The lowest BCUT2D eigenvalue weighted by molar-refractivity contribution is 0.0686. The topological polar surface area (TPSA) is 75.4 Å². The van der Waals surface area contributed by atoms with Gasteiger partial charge in [0, 0.05) is 12.5 Å². The van der Waals surface area contributed by atoms with Gasteiger partial charge in [0.05, 0.1) is 5.69 Å². The van der Waals surface area contributed by atoms with E-state index in [1.54, 1.807) is 4.68 Å². The lowest BCUT2D eigenvalue weighted by atomic mass is 9.82. The van der Waals surface area contributed by atoms with Crippen LogP contribution >= 0.6 is 0 Å². The molecule has 2 N–H and O–H groups in total. The van der Waals surface area contributed by atoms with Crippen molar-refractivity contribution in [2.75, 3.05) is 0 Å². The van der Waals surface area contributed by atoms with Gasteiger partial charge < -0.3 is 10.2 Å². The molecule has 0 aliphatic heterocycles. The monoisotopic (exact) mass is 210 g/mol. The van der Waals surface area contributed by atoms with Crippen LogP contribution in [0.1, 0.15) is 48.3 Å². The molecule has 1 fully saturated rings. The van der Waals surface area contributed by atoms with Gasteiger partial charge in [-0.05, 0) is 19.8 Å². The number of carboxylic acids is 1. The fourth-order valence-electron chi connectivity index (χ4n) is 1.94. The van der Waals surface area contributed by atoms with Gasteiger partial charge in [-0.1, -0.05) is 6.42 Å². The molecular weight excluding hydrogens is 196 g/mol. The lowest BCUT2D eigenvalue weighted by Gasteiger charge is -2.25. The molecule has 1 heterocycles. The molecule has 0 spiro atoms. The molecule has 5 heteroatoms. The lowest BCUT2D eigenvalue weighted by Crippen LogP contribution is -2.14. The van der Waals surface area contributed by atoms with Crippen LogP contribution in [0.4, 0.5) is 0 Å². The van der Waals surface area contributed by atoms with Crippen molar-refractivity contribution in [3.05, 3.63) is 11.4 Å². The van der Waals surface area contributed by atoms with Crippen LogP contribution in [0.25, 0.3) is 0 Å². The smallest absolute Gasteiger partial charge is 0.360 e. The van der Waals surface area contributed by atoms with Crippen molar-refractivity contribution in [1.82, 2.24) is 9.78 Å². The number of nitrogens with zero attached hydrogens (tertiary/aromatic N) is 2. The third-order valence-corrected chi connectivity index (χ3v) is 2.96. The minimum Gasteiger partial charge on any atom is -0.504 e. The zero-order valence-electron chi connectivity index (χ0n) is 8.60. The summed E-state index contributed by atoms with van der Waals surface area (Å²) in [5.41, 5.74) is 0.472. The van der Waals surface area contributed by atoms with Crippen LogP contribution in [0.3, 0.4) is 0 Å². The summed E-state index contributed by atoms with van der Waals surface area (Å²) in [7, 11) is 0. The fourth-order valence-corrected chi connectivity index (χ4v) is 1.94. The van der Waals surface area contributed by atoms with Crippen molar-refractivity contribution in [3.63, 3.8) is 0 Å². The molecule has 0 bridgehead atoms. The Morgan fingerprint density at radius 3 is 2.67 bits per heavy atom. The second-order valence-corrected chi connectivity index (χ2v) is 3.83. The number of carboxylic acid groups (broad SMARTS) is 1. The predicted octanol–water partition coefficient (Wildman–Crippen LogP) is 1.57. The van der Waals surface area contributed by atoms with Crippen molar-refractivity contribution in [3.8, 4) is 5.75 Å². The predicted molar refractivity (Wildman–Crippen MR) is 53.1 cm³/mol. The summed E-state index contributed by atoms with van der Waals surface area (Å²) in [6.07, 6.45) is 3.16. The zero-order valence-corrected chi connectivity index (χ0v) is 8.60. The summed E-state index contributed by atoms with van der Waals surface area (Å²) in [6.45, 7) is 2.48. The van der Waals surface area contributed by atoms with Gasteiger partial charge in [0.15, 0.2) is 5.75 Å². The average molecular weight is 210 g/mol. The number of hydrogen-bond acceptors (Lipinski definition) is 3. The number of carbonyl (C=O) groups is 1. The van der Waals surface area contributed by atoms with Crippen molar-refractivity contribution in [2.45, 2.75) is 38.6 Å². The minimum absolute atomic E-state index is 0.144. The summed E-state index contributed by atoms with van der Waals surface area (Å²) in [5.74, 6) is -1.03. The Balaban J connectivity index is 2.45. The largest absolute Gasteiger partial charge is 0.504 e. The Hall–Kier alpha value is -1.52. The number of hydrogen-bond donors (Lipinski definition) is 2. The number of aromatic nitrogens is 2. The summed E-state index contributed by atoms with van der Waals surface area (Å²) in [4.78, 5) is 10.8. The molecule has 0 amide bonds. The maximum atomic E-state index is 10.8. The van der Waals surface area contributed by atoms with E-state index < -0.39 is 5.97 Å². The molecule has 1 aliphatic rings. The molecule has 0 radical (unpaired) electrons. The SMILES string of the molecule is CCn1nc(C(=O)O)c(O)c1C1CCC1. The van der Waals surface area contributed by atoms with Gasteiger partial charge in [-0.2, -0.15) is 5.10 Å². The van der Waals surface area contributed by atoms with Crippen molar-refractivity contribution in [2.24, 2.45) is 0 Å². The normalized spacial score (nSPS) is 16.3. The minimum atomic E-state index is -1.17. The molecule has 0 saturated heterocycles. The van der Waals surface area contributed by atoms with Crippen LogP contribution < -0.4 is 0 Å². The molecule has 1 aromatic rings. The quantitative estimate of drug-likeness (QED) is 0.794. The van der Waals surface area contributed by atoms with E-state index in [0.29, 0.717) is 12.2 Å². The summed E-state index contributed by atoms with van der Waals surface area (Å²) in [6, 6.07) is 0. The molecule has 0 unspecified atom stereocenters. The van der Waals surface area contributed by atoms with Gasteiger partial charge in [-0.25, -0.2) is 4.79 Å². The number of aromatic hydroxyl groups is 1. The molecule has 1 aliphatic carbocycles. The van der Waals surface area contributed by atoms with Crippen LogP contribution in [-0.2, 0) is 6.54 Å². The van der Waals surface area contributed by atoms with Gasteiger partial charge in [-0.15, -0.1) is 0 Å². The molecule has 1 aromatic heterocycles. The molecule has 82 valence electrons. The molecule has 15 heavy (non-hydrogen) atoms. The average Bonchev–Trinajstić information content (AvgIpc) is 2.42. The first-order chi connectivity index (χ1) is 7.15.